The number of fused-ring (bicyclic) bond motifs is 1. The monoisotopic (exact) mass is 439 g/mol. The van der Waals surface area contributed by atoms with Crippen LogP contribution in [-0.2, 0) is 4.79 Å². The second-order valence-corrected chi connectivity index (χ2v) is 9.13. The number of piperidine rings is 1. The Morgan fingerprint density at radius 1 is 1.26 bits per heavy atom. The lowest BCUT2D eigenvalue weighted by Gasteiger charge is -2.34. The summed E-state index contributed by atoms with van der Waals surface area (Å²) in [5.41, 5.74) is 2.67. The lowest BCUT2D eigenvalue weighted by Crippen LogP contribution is -2.45. The number of hydrogen-bond donors (Lipinski definition) is 1. The Hall–Kier alpha value is -2.68. The zero-order chi connectivity index (χ0) is 21.4. The molecule has 0 bridgehead atoms. The van der Waals surface area contributed by atoms with Gasteiger partial charge in [-0.3, -0.25) is 9.36 Å². The SMILES string of the molecule is CCN(CC)C(=O)C1CCCN(c2nc(NC3CC3)c3ncn(-c4ccsc4)c3n2)C1. The van der Waals surface area contributed by atoms with E-state index < -0.39 is 0 Å². The molecule has 1 aliphatic heterocycles. The van der Waals surface area contributed by atoms with Crippen molar-refractivity contribution in [3.63, 3.8) is 0 Å². The van der Waals surface area contributed by atoms with Crippen molar-refractivity contribution >= 4 is 40.2 Å². The average Bonchev–Trinajstić information content (AvgIpc) is 3.26. The predicted octanol–water partition coefficient (Wildman–Crippen LogP) is 3.54. The number of aromatic nitrogens is 4. The van der Waals surface area contributed by atoms with Gasteiger partial charge < -0.3 is 15.1 Å². The largest absolute Gasteiger partial charge is 0.365 e. The predicted molar refractivity (Wildman–Crippen MR) is 124 cm³/mol. The average molecular weight is 440 g/mol. The summed E-state index contributed by atoms with van der Waals surface area (Å²) in [7, 11) is 0. The van der Waals surface area contributed by atoms with Crippen LogP contribution in [0.1, 0.15) is 39.5 Å². The molecule has 1 atom stereocenters. The normalized spacial score (nSPS) is 19.0. The summed E-state index contributed by atoms with van der Waals surface area (Å²) in [6, 6.07) is 2.54. The summed E-state index contributed by atoms with van der Waals surface area (Å²) in [5.74, 6) is 1.73. The molecule has 5 rings (SSSR count). The number of rotatable bonds is 7. The first-order chi connectivity index (χ1) is 15.2. The van der Waals surface area contributed by atoms with Crippen LogP contribution >= 0.6 is 11.3 Å². The number of imidazole rings is 1. The van der Waals surface area contributed by atoms with Gasteiger partial charge in [0.05, 0.1) is 11.6 Å². The molecule has 4 heterocycles. The molecule has 0 radical (unpaired) electrons. The third-order valence-corrected chi connectivity index (χ3v) is 6.89. The highest BCUT2D eigenvalue weighted by Gasteiger charge is 2.31. The molecule has 0 aromatic carbocycles. The van der Waals surface area contributed by atoms with Crippen LogP contribution in [0.5, 0.6) is 0 Å². The Bertz CT molecular complexity index is 1060. The van der Waals surface area contributed by atoms with Gasteiger partial charge in [0.2, 0.25) is 11.9 Å². The Labute approximate surface area is 186 Å². The van der Waals surface area contributed by atoms with Crippen molar-refractivity contribution in [2.45, 2.75) is 45.6 Å². The van der Waals surface area contributed by atoms with Gasteiger partial charge in [0.15, 0.2) is 17.0 Å². The van der Waals surface area contributed by atoms with Crippen molar-refractivity contribution in [3.05, 3.63) is 23.2 Å². The molecule has 1 amide bonds. The standard InChI is InChI=1S/C22H29N7OS/c1-3-27(4-2)21(30)15-6-5-10-28(12-15)22-25-19(24-16-7-8-16)18-20(26-22)29(14-23-18)17-9-11-31-13-17/h9,11,13-16H,3-8,10,12H2,1-2H3,(H,24,25,26). The van der Waals surface area contributed by atoms with Gasteiger partial charge in [0.25, 0.3) is 0 Å². The summed E-state index contributed by atoms with van der Waals surface area (Å²) in [6.07, 6.45) is 6.04. The van der Waals surface area contributed by atoms with Crippen LogP contribution in [0.4, 0.5) is 11.8 Å². The number of carbonyl (C=O) groups is 1. The van der Waals surface area contributed by atoms with Crippen LogP contribution in [0, 0.1) is 5.92 Å². The smallest absolute Gasteiger partial charge is 0.229 e. The molecule has 1 saturated carbocycles. The van der Waals surface area contributed by atoms with Crippen molar-refractivity contribution in [1.82, 2.24) is 24.4 Å². The van der Waals surface area contributed by atoms with E-state index >= 15 is 0 Å². The highest BCUT2D eigenvalue weighted by atomic mass is 32.1. The minimum Gasteiger partial charge on any atom is -0.365 e. The molecule has 31 heavy (non-hydrogen) atoms. The van der Waals surface area contributed by atoms with Gasteiger partial charge in [0, 0.05) is 37.6 Å². The van der Waals surface area contributed by atoms with Gasteiger partial charge in [-0.05, 0) is 51.0 Å². The minimum atomic E-state index is -0.00503. The van der Waals surface area contributed by atoms with Crippen molar-refractivity contribution in [1.29, 1.82) is 0 Å². The highest BCUT2D eigenvalue weighted by Crippen LogP contribution is 2.31. The maximum Gasteiger partial charge on any atom is 0.229 e. The van der Waals surface area contributed by atoms with E-state index in [1.54, 1.807) is 11.3 Å². The molecule has 1 unspecified atom stereocenters. The maximum absolute atomic E-state index is 13.0. The lowest BCUT2D eigenvalue weighted by atomic mass is 9.96. The number of nitrogens with zero attached hydrogens (tertiary/aromatic N) is 6. The first-order valence-corrected chi connectivity index (χ1v) is 12.2. The minimum absolute atomic E-state index is 0.00503. The molecule has 0 spiro atoms. The number of anilines is 2. The summed E-state index contributed by atoms with van der Waals surface area (Å²) < 4.78 is 2.03. The van der Waals surface area contributed by atoms with Crippen molar-refractivity contribution in [2.24, 2.45) is 5.92 Å². The van der Waals surface area contributed by atoms with Crippen LogP contribution in [0.3, 0.4) is 0 Å². The molecule has 9 heteroatoms. The van der Waals surface area contributed by atoms with Gasteiger partial charge in [-0.15, -0.1) is 0 Å². The topological polar surface area (TPSA) is 79.2 Å². The lowest BCUT2D eigenvalue weighted by molar-refractivity contribution is -0.135. The summed E-state index contributed by atoms with van der Waals surface area (Å²) >= 11 is 1.65. The molecule has 1 saturated heterocycles. The molecule has 164 valence electrons. The molecular weight excluding hydrogens is 410 g/mol. The fourth-order valence-corrected chi connectivity index (χ4v) is 4.92. The third-order valence-electron chi connectivity index (χ3n) is 6.22. The number of amides is 1. The molecule has 1 N–H and O–H groups in total. The second kappa shape index (κ2) is 8.45. The van der Waals surface area contributed by atoms with Crippen LogP contribution < -0.4 is 10.2 Å². The van der Waals surface area contributed by atoms with Crippen molar-refractivity contribution in [2.75, 3.05) is 36.4 Å². The van der Waals surface area contributed by atoms with Gasteiger partial charge in [-0.2, -0.15) is 21.3 Å². The van der Waals surface area contributed by atoms with Crippen LogP contribution in [0.15, 0.2) is 23.2 Å². The number of thiophene rings is 1. The van der Waals surface area contributed by atoms with Crippen LogP contribution in [0.25, 0.3) is 16.9 Å². The Morgan fingerprint density at radius 2 is 2.10 bits per heavy atom. The Balaban J connectivity index is 1.50. The van der Waals surface area contributed by atoms with E-state index in [0.29, 0.717) is 18.5 Å². The van der Waals surface area contributed by atoms with Gasteiger partial charge >= 0.3 is 0 Å². The molecule has 2 fully saturated rings. The van der Waals surface area contributed by atoms with Gasteiger partial charge in [-0.25, -0.2) is 4.98 Å². The van der Waals surface area contributed by atoms with E-state index in [1.165, 1.54) is 0 Å². The van der Waals surface area contributed by atoms with E-state index in [1.807, 2.05) is 29.6 Å². The zero-order valence-corrected chi connectivity index (χ0v) is 18.9. The van der Waals surface area contributed by atoms with Crippen molar-refractivity contribution in [3.8, 4) is 5.69 Å². The van der Waals surface area contributed by atoms with Gasteiger partial charge in [-0.1, -0.05) is 0 Å². The molecule has 8 nitrogen and oxygen atoms in total. The fourth-order valence-electron chi connectivity index (χ4n) is 4.29. The molecule has 3 aromatic rings. The van der Waals surface area contributed by atoms with Gasteiger partial charge in [0.1, 0.15) is 6.33 Å². The number of nitrogens with one attached hydrogen (secondary N) is 1. The summed E-state index contributed by atoms with van der Waals surface area (Å²) in [6.45, 7) is 7.12. The van der Waals surface area contributed by atoms with E-state index in [9.17, 15) is 4.79 Å². The van der Waals surface area contributed by atoms with E-state index in [4.69, 9.17) is 9.97 Å². The molecule has 2 aliphatic rings. The number of carbonyl (C=O) groups excluding carboxylic acids is 1. The van der Waals surface area contributed by atoms with Crippen LogP contribution in [0.2, 0.25) is 0 Å². The fraction of sp³-hybridized carbons (Fsp3) is 0.545. The Kier molecular flexibility index (Phi) is 5.52. The van der Waals surface area contributed by atoms with E-state index in [0.717, 1.165) is 68.0 Å². The van der Waals surface area contributed by atoms with Crippen molar-refractivity contribution < 1.29 is 4.79 Å². The first-order valence-electron chi connectivity index (χ1n) is 11.3. The zero-order valence-electron chi connectivity index (χ0n) is 18.1. The summed E-state index contributed by atoms with van der Waals surface area (Å²) in [5, 5.41) is 7.69. The third kappa shape index (κ3) is 3.98. The quantitative estimate of drug-likeness (QED) is 0.607. The number of hydrogen-bond acceptors (Lipinski definition) is 7. The van der Waals surface area contributed by atoms with Crippen LogP contribution in [-0.4, -0.2) is 62.5 Å². The Morgan fingerprint density at radius 3 is 2.81 bits per heavy atom. The highest BCUT2D eigenvalue weighted by molar-refractivity contribution is 7.08. The molecule has 1 aliphatic carbocycles. The summed E-state index contributed by atoms with van der Waals surface area (Å²) in [4.78, 5) is 31.5. The van der Waals surface area contributed by atoms with E-state index in [-0.39, 0.29) is 11.8 Å². The maximum atomic E-state index is 13.0. The molecule has 3 aromatic heterocycles. The van der Waals surface area contributed by atoms with E-state index in [2.05, 4.69) is 32.0 Å². The second-order valence-electron chi connectivity index (χ2n) is 8.35. The molecular formula is C22H29N7OS. The first kappa shape index (κ1) is 20.2.